The van der Waals surface area contributed by atoms with Crippen molar-refractivity contribution in [1.29, 1.82) is 0 Å². The highest BCUT2D eigenvalue weighted by atomic mass is 32.1. The van der Waals surface area contributed by atoms with Crippen LogP contribution in [0.25, 0.3) is 11.3 Å². The lowest BCUT2D eigenvalue weighted by Crippen LogP contribution is -2.42. The van der Waals surface area contributed by atoms with Gasteiger partial charge in [0.15, 0.2) is 0 Å². The van der Waals surface area contributed by atoms with Gasteiger partial charge in [0.2, 0.25) is 0 Å². The molecule has 12 heteroatoms. The summed E-state index contributed by atoms with van der Waals surface area (Å²) in [5.74, 6) is 1.04. The normalized spacial score (nSPS) is 18.1. The summed E-state index contributed by atoms with van der Waals surface area (Å²) in [5.41, 5.74) is 1.52. The molecule has 0 N–H and O–H groups in total. The quantitative estimate of drug-likeness (QED) is 0.221. The lowest BCUT2D eigenvalue weighted by Gasteiger charge is -2.32. The number of alkyl halides is 3. The second-order valence-corrected chi connectivity index (χ2v) is 17.2. The summed E-state index contributed by atoms with van der Waals surface area (Å²) in [4.78, 5) is 20.1. The minimum absolute atomic E-state index is 0. The molecule has 0 spiro atoms. The van der Waals surface area contributed by atoms with Gasteiger partial charge in [-0.1, -0.05) is 26.1 Å². The van der Waals surface area contributed by atoms with Crippen molar-refractivity contribution >= 4 is 33.2 Å². The van der Waals surface area contributed by atoms with Crippen LogP contribution < -0.4 is 4.90 Å². The Balaban J connectivity index is 0.00000353. The molecule has 1 fully saturated rings. The molecule has 3 aromatic rings. The van der Waals surface area contributed by atoms with Gasteiger partial charge < -0.3 is 14.2 Å². The van der Waals surface area contributed by atoms with E-state index >= 15 is 0 Å². The average molecular weight is 580 g/mol. The molecule has 0 bridgehead atoms. The zero-order valence-corrected chi connectivity index (χ0v) is 24.8. The molecule has 1 aliphatic heterocycles. The topological polar surface area (TPSA) is 65.2 Å². The van der Waals surface area contributed by atoms with Crippen molar-refractivity contribution in [2.75, 3.05) is 18.1 Å². The molecular weight excluding hydrogens is 543 g/mol. The zero-order valence-electron chi connectivity index (χ0n) is 22.8. The maximum atomic E-state index is 13.8. The van der Waals surface area contributed by atoms with Crippen LogP contribution in [-0.4, -0.2) is 46.5 Å². The van der Waals surface area contributed by atoms with Gasteiger partial charge in [-0.2, -0.15) is 31.8 Å². The Morgan fingerprint density at radius 2 is 1.79 bits per heavy atom. The molecule has 2 aliphatic rings. The number of carbonyl (C=O) groups excluding carboxylic acids is 1. The molecule has 0 unspecified atom stereocenters. The summed E-state index contributed by atoms with van der Waals surface area (Å²) < 4.78 is 49.2. The van der Waals surface area contributed by atoms with Gasteiger partial charge in [-0.05, 0) is 50.1 Å². The third-order valence-corrected chi connectivity index (χ3v) is 9.17. The molecule has 7 nitrogen and oxygen atoms in total. The molecular formula is C27H36F3N5O2SSi. The van der Waals surface area contributed by atoms with Crippen LogP contribution >= 0.6 is 13.5 Å². The fraction of sp³-hybridized carbons (Fsp3) is 0.519. The van der Waals surface area contributed by atoms with Crippen LogP contribution in [0.5, 0.6) is 0 Å². The number of anilines is 1. The van der Waals surface area contributed by atoms with Crippen LogP contribution in [0.4, 0.5) is 18.9 Å². The van der Waals surface area contributed by atoms with Gasteiger partial charge in [-0.3, -0.25) is 9.48 Å². The summed E-state index contributed by atoms with van der Waals surface area (Å²) in [6.07, 6.45) is 2.38. The Labute approximate surface area is 234 Å². The fourth-order valence-electron chi connectivity index (χ4n) is 4.97. The van der Waals surface area contributed by atoms with Gasteiger partial charge in [0, 0.05) is 32.8 Å². The van der Waals surface area contributed by atoms with Gasteiger partial charge in [0.25, 0.3) is 5.91 Å². The molecule has 1 aliphatic carbocycles. The Morgan fingerprint density at radius 3 is 2.38 bits per heavy atom. The summed E-state index contributed by atoms with van der Waals surface area (Å²) in [7, 11) is -1.24. The SMILES string of the molecule is C[C@H]1CN(c2ccc(C(F)(F)F)cc2)C(=O)c2c(-c3cnc(C4CCC4)n3COCC[Si](C)(C)C)cnn21.S. The monoisotopic (exact) mass is 579 g/mol. The second-order valence-electron chi connectivity index (χ2n) is 11.6. The minimum atomic E-state index is -4.43. The van der Waals surface area contributed by atoms with Crippen LogP contribution in [0.3, 0.4) is 0 Å². The van der Waals surface area contributed by atoms with Crippen molar-refractivity contribution in [3.63, 3.8) is 0 Å². The Kier molecular flexibility index (Phi) is 8.39. The highest BCUT2D eigenvalue weighted by Crippen LogP contribution is 2.39. The number of hydrogen-bond donors (Lipinski definition) is 0. The molecule has 1 atom stereocenters. The molecule has 1 aromatic carbocycles. The highest BCUT2D eigenvalue weighted by Gasteiger charge is 2.36. The number of halogens is 3. The first-order chi connectivity index (χ1) is 17.9. The van der Waals surface area contributed by atoms with E-state index in [9.17, 15) is 18.0 Å². The van der Waals surface area contributed by atoms with Crippen molar-refractivity contribution in [2.45, 2.75) is 76.7 Å². The van der Waals surface area contributed by atoms with Crippen molar-refractivity contribution in [2.24, 2.45) is 0 Å². The number of carbonyl (C=O) groups is 1. The summed E-state index contributed by atoms with van der Waals surface area (Å²) >= 11 is 0. The van der Waals surface area contributed by atoms with E-state index in [0.717, 1.165) is 42.5 Å². The van der Waals surface area contributed by atoms with Gasteiger partial charge in [-0.15, -0.1) is 0 Å². The maximum absolute atomic E-state index is 13.8. The van der Waals surface area contributed by atoms with Crippen molar-refractivity contribution in [3.05, 3.63) is 53.7 Å². The summed E-state index contributed by atoms with van der Waals surface area (Å²) in [6.45, 7) is 10.2. The molecule has 5 rings (SSSR count). The lowest BCUT2D eigenvalue weighted by atomic mass is 9.85. The molecule has 2 aromatic heterocycles. The van der Waals surface area contributed by atoms with Crippen molar-refractivity contribution in [3.8, 4) is 11.3 Å². The van der Waals surface area contributed by atoms with E-state index in [4.69, 9.17) is 9.72 Å². The molecule has 1 saturated carbocycles. The van der Waals surface area contributed by atoms with E-state index in [1.165, 1.54) is 23.5 Å². The number of fused-ring (bicyclic) bond motifs is 1. The van der Waals surface area contributed by atoms with Crippen LogP contribution in [0.15, 0.2) is 36.7 Å². The van der Waals surface area contributed by atoms with Gasteiger partial charge in [-0.25, -0.2) is 4.98 Å². The summed E-state index contributed by atoms with van der Waals surface area (Å²) in [6, 6.07) is 5.62. The second kappa shape index (κ2) is 11.1. The van der Waals surface area contributed by atoms with Gasteiger partial charge in [0.1, 0.15) is 18.2 Å². The lowest BCUT2D eigenvalue weighted by molar-refractivity contribution is -0.137. The third-order valence-electron chi connectivity index (χ3n) is 7.46. The highest BCUT2D eigenvalue weighted by molar-refractivity contribution is 7.59. The first-order valence-electron chi connectivity index (χ1n) is 13.1. The standard InChI is InChI=1S/C27H34F3N5O2Si.H2S/c1-18-16-33(21-10-8-20(9-11-21)27(28,29)30)26(36)24-22(14-32-35(18)24)23-15-31-25(19-6-5-7-19)34(23)17-37-12-13-38(2,3)4;/h8-11,14-15,18-19H,5-7,12-13,16-17H2,1-4H3;1H2/t18-;/m0./s1. The van der Waals surface area contributed by atoms with E-state index < -0.39 is 19.8 Å². The van der Waals surface area contributed by atoms with Crippen LogP contribution in [0.1, 0.15) is 60.0 Å². The smallest absolute Gasteiger partial charge is 0.361 e. The van der Waals surface area contributed by atoms with E-state index in [0.29, 0.717) is 42.7 Å². The number of rotatable bonds is 8. The zero-order chi connectivity index (χ0) is 27.2. The predicted octanol–water partition coefficient (Wildman–Crippen LogP) is 6.68. The molecule has 39 heavy (non-hydrogen) atoms. The molecule has 0 radical (unpaired) electrons. The number of hydrogen-bond acceptors (Lipinski definition) is 4. The number of nitrogens with zero attached hydrogens (tertiary/aromatic N) is 5. The van der Waals surface area contributed by atoms with Crippen molar-refractivity contribution in [1.82, 2.24) is 19.3 Å². The maximum Gasteiger partial charge on any atom is 0.416 e. The van der Waals surface area contributed by atoms with Crippen LogP contribution in [0.2, 0.25) is 25.7 Å². The minimum Gasteiger partial charge on any atom is -0.361 e. The fourth-order valence-corrected chi connectivity index (χ4v) is 5.73. The third kappa shape index (κ3) is 5.97. The molecule has 0 saturated heterocycles. The van der Waals surface area contributed by atoms with E-state index in [1.807, 2.05) is 6.92 Å². The molecule has 212 valence electrons. The number of benzene rings is 1. The van der Waals surface area contributed by atoms with Gasteiger partial charge >= 0.3 is 6.18 Å². The predicted molar refractivity (Wildman–Crippen MR) is 152 cm³/mol. The summed E-state index contributed by atoms with van der Waals surface area (Å²) in [5, 5.41) is 4.54. The van der Waals surface area contributed by atoms with Crippen LogP contribution in [0, 0.1) is 0 Å². The largest absolute Gasteiger partial charge is 0.416 e. The van der Waals surface area contributed by atoms with Crippen LogP contribution in [-0.2, 0) is 17.6 Å². The molecule has 1 amide bonds. The number of ether oxygens (including phenoxy) is 1. The molecule has 3 heterocycles. The Bertz CT molecular complexity index is 1310. The van der Waals surface area contributed by atoms with Gasteiger partial charge in [0.05, 0.1) is 35.3 Å². The number of amides is 1. The Hall–Kier alpha value is -2.57. The van der Waals surface area contributed by atoms with E-state index in [-0.39, 0.29) is 25.4 Å². The van der Waals surface area contributed by atoms with E-state index in [2.05, 4.69) is 29.3 Å². The average Bonchev–Trinajstić information content (AvgIpc) is 3.42. The number of imidazole rings is 1. The first-order valence-corrected chi connectivity index (χ1v) is 16.8. The van der Waals surface area contributed by atoms with Crippen molar-refractivity contribution < 1.29 is 22.7 Å². The Morgan fingerprint density at radius 1 is 1.10 bits per heavy atom. The number of aromatic nitrogens is 4. The first kappa shape index (κ1) is 29.4. The van der Waals surface area contributed by atoms with E-state index in [1.54, 1.807) is 17.1 Å².